The third-order valence-electron chi connectivity index (χ3n) is 3.89. The molecule has 1 aliphatic heterocycles. The third kappa shape index (κ3) is 1.75. The number of carbonyl (C=O) groups is 1. The highest BCUT2D eigenvalue weighted by Crippen LogP contribution is 2.45. The van der Waals surface area contributed by atoms with Crippen LogP contribution in [-0.2, 0) is 10.2 Å². The van der Waals surface area contributed by atoms with Crippen LogP contribution in [0.15, 0.2) is 24.8 Å². The van der Waals surface area contributed by atoms with Gasteiger partial charge < -0.3 is 4.90 Å². The topological polar surface area (TPSA) is 46.1 Å². The quantitative estimate of drug-likeness (QED) is 0.811. The number of benzene rings is 1. The summed E-state index contributed by atoms with van der Waals surface area (Å²) in [6.45, 7) is 3.31. The van der Waals surface area contributed by atoms with Crippen LogP contribution in [0.4, 0.5) is 14.5 Å². The van der Waals surface area contributed by atoms with E-state index in [2.05, 4.69) is 9.97 Å². The smallest absolute Gasteiger partial charge is 0.236 e. The molecule has 1 aromatic carbocycles. The normalized spacial score (nSPS) is 16.2. The average Bonchev–Trinajstić information content (AvgIpc) is 2.61. The molecule has 108 valence electrons. The number of hydrogen-bond donors (Lipinski definition) is 0. The molecular formula is C15H13F2N3O. The second kappa shape index (κ2) is 4.31. The first kappa shape index (κ1) is 13.6. The Morgan fingerprint density at radius 1 is 1.19 bits per heavy atom. The number of aromatic nitrogens is 2. The van der Waals surface area contributed by atoms with Crippen molar-refractivity contribution in [3.8, 4) is 11.1 Å². The maximum atomic E-state index is 14.8. The van der Waals surface area contributed by atoms with Crippen molar-refractivity contribution in [1.29, 1.82) is 0 Å². The number of anilines is 1. The molecule has 2 aromatic rings. The molecule has 0 N–H and O–H groups in total. The van der Waals surface area contributed by atoms with E-state index < -0.39 is 17.0 Å². The Hall–Kier alpha value is -2.37. The molecule has 0 radical (unpaired) electrons. The molecular weight excluding hydrogens is 276 g/mol. The molecule has 1 aromatic heterocycles. The van der Waals surface area contributed by atoms with Crippen molar-refractivity contribution in [1.82, 2.24) is 9.97 Å². The Kier molecular flexibility index (Phi) is 2.79. The van der Waals surface area contributed by atoms with Crippen molar-refractivity contribution in [3.05, 3.63) is 42.0 Å². The summed E-state index contributed by atoms with van der Waals surface area (Å²) in [6.07, 6.45) is 3.96. The highest BCUT2D eigenvalue weighted by atomic mass is 19.1. The molecule has 0 atom stereocenters. The van der Waals surface area contributed by atoms with E-state index in [4.69, 9.17) is 0 Å². The number of likely N-dealkylation sites (N-methyl/N-ethyl adjacent to an activating group) is 1. The second-order valence-corrected chi connectivity index (χ2v) is 5.56. The van der Waals surface area contributed by atoms with Gasteiger partial charge in [0, 0.05) is 25.0 Å². The van der Waals surface area contributed by atoms with Gasteiger partial charge in [0.15, 0.2) is 5.82 Å². The van der Waals surface area contributed by atoms with Gasteiger partial charge >= 0.3 is 0 Å². The van der Waals surface area contributed by atoms with E-state index in [1.165, 1.54) is 36.7 Å². The Bertz CT molecular complexity index is 744. The van der Waals surface area contributed by atoms with Crippen molar-refractivity contribution in [2.24, 2.45) is 0 Å². The van der Waals surface area contributed by atoms with Crippen LogP contribution in [0.1, 0.15) is 19.4 Å². The summed E-state index contributed by atoms with van der Waals surface area (Å²) in [4.78, 5) is 21.0. The summed E-state index contributed by atoms with van der Waals surface area (Å²) in [5.74, 6) is -1.75. The van der Waals surface area contributed by atoms with Gasteiger partial charge in [0.2, 0.25) is 5.91 Å². The summed E-state index contributed by atoms with van der Waals surface area (Å²) < 4.78 is 29.2. The van der Waals surface area contributed by atoms with Gasteiger partial charge in [0.25, 0.3) is 0 Å². The zero-order valence-corrected chi connectivity index (χ0v) is 11.8. The van der Waals surface area contributed by atoms with Crippen LogP contribution in [-0.4, -0.2) is 22.9 Å². The van der Waals surface area contributed by atoms with E-state index in [9.17, 15) is 13.6 Å². The fourth-order valence-corrected chi connectivity index (χ4v) is 2.74. The van der Waals surface area contributed by atoms with Crippen LogP contribution < -0.4 is 4.90 Å². The number of halogens is 2. The Morgan fingerprint density at radius 3 is 2.43 bits per heavy atom. The monoisotopic (exact) mass is 289 g/mol. The molecule has 0 aliphatic carbocycles. The number of fused-ring (bicyclic) bond motifs is 1. The van der Waals surface area contributed by atoms with E-state index in [-0.39, 0.29) is 22.7 Å². The molecule has 6 heteroatoms. The first-order chi connectivity index (χ1) is 9.85. The summed E-state index contributed by atoms with van der Waals surface area (Å²) in [6, 6.07) is 1.22. The first-order valence-corrected chi connectivity index (χ1v) is 6.41. The van der Waals surface area contributed by atoms with Crippen molar-refractivity contribution in [2.45, 2.75) is 19.3 Å². The van der Waals surface area contributed by atoms with Crippen molar-refractivity contribution in [2.75, 3.05) is 11.9 Å². The standard InChI is InChI=1S/C15H13F2N3O/c1-15(2)9-4-10(16)11(8-5-18-7-19-6-8)12(17)13(9)20(3)14(15)21/h4-7H,1-3H3. The molecule has 1 amide bonds. The molecule has 4 nitrogen and oxygen atoms in total. The fraction of sp³-hybridized carbons (Fsp3) is 0.267. The summed E-state index contributed by atoms with van der Waals surface area (Å²) >= 11 is 0. The van der Waals surface area contributed by atoms with Gasteiger partial charge in [-0.3, -0.25) is 4.79 Å². The molecule has 0 saturated heterocycles. The number of rotatable bonds is 1. The summed E-state index contributed by atoms with van der Waals surface area (Å²) in [5, 5.41) is 0. The van der Waals surface area contributed by atoms with Gasteiger partial charge in [0.1, 0.15) is 12.1 Å². The van der Waals surface area contributed by atoms with Gasteiger partial charge in [-0.15, -0.1) is 0 Å². The lowest BCUT2D eigenvalue weighted by Crippen LogP contribution is -2.33. The minimum absolute atomic E-state index is 0.116. The number of hydrogen-bond acceptors (Lipinski definition) is 3. The second-order valence-electron chi connectivity index (χ2n) is 5.56. The van der Waals surface area contributed by atoms with Gasteiger partial charge in [-0.2, -0.15) is 0 Å². The maximum absolute atomic E-state index is 14.8. The number of amides is 1. The summed E-state index contributed by atoms with van der Waals surface area (Å²) in [5.41, 5.74) is -0.458. The van der Waals surface area contributed by atoms with Gasteiger partial charge in [-0.25, -0.2) is 18.7 Å². The lowest BCUT2D eigenvalue weighted by Gasteiger charge is -2.16. The van der Waals surface area contributed by atoms with Crippen LogP contribution >= 0.6 is 0 Å². The average molecular weight is 289 g/mol. The Morgan fingerprint density at radius 2 is 1.81 bits per heavy atom. The number of carbonyl (C=O) groups excluding carboxylic acids is 1. The minimum Gasteiger partial charge on any atom is -0.312 e. The number of nitrogens with zero attached hydrogens (tertiary/aromatic N) is 3. The molecule has 1 aliphatic rings. The predicted molar refractivity (Wildman–Crippen MR) is 73.8 cm³/mol. The molecule has 0 bridgehead atoms. The highest BCUT2D eigenvalue weighted by Gasteiger charge is 2.45. The van der Waals surface area contributed by atoms with E-state index in [0.29, 0.717) is 5.56 Å². The lowest BCUT2D eigenvalue weighted by molar-refractivity contribution is -0.121. The Labute approximate surface area is 120 Å². The summed E-state index contributed by atoms with van der Waals surface area (Å²) in [7, 11) is 1.49. The Balaban J connectivity index is 2.33. The van der Waals surface area contributed by atoms with Crippen LogP contribution in [0.5, 0.6) is 0 Å². The van der Waals surface area contributed by atoms with E-state index in [1.807, 2.05) is 0 Å². The minimum atomic E-state index is -0.947. The van der Waals surface area contributed by atoms with E-state index in [0.717, 1.165) is 0 Å². The SMILES string of the molecule is CN1C(=O)C(C)(C)c2cc(F)c(-c3cncnc3)c(F)c21. The van der Waals surface area contributed by atoms with Crippen LogP contribution in [0, 0.1) is 11.6 Å². The van der Waals surface area contributed by atoms with Crippen molar-refractivity contribution < 1.29 is 13.6 Å². The predicted octanol–water partition coefficient (Wildman–Crippen LogP) is 2.68. The van der Waals surface area contributed by atoms with E-state index >= 15 is 0 Å². The molecule has 0 unspecified atom stereocenters. The van der Waals surface area contributed by atoms with Crippen molar-refractivity contribution >= 4 is 11.6 Å². The van der Waals surface area contributed by atoms with Crippen LogP contribution in [0.2, 0.25) is 0 Å². The molecule has 0 saturated carbocycles. The molecule has 0 spiro atoms. The molecule has 3 rings (SSSR count). The van der Waals surface area contributed by atoms with Gasteiger partial charge in [-0.1, -0.05) is 0 Å². The first-order valence-electron chi connectivity index (χ1n) is 6.41. The zero-order valence-electron chi connectivity index (χ0n) is 11.8. The van der Waals surface area contributed by atoms with Gasteiger partial charge in [-0.05, 0) is 25.5 Å². The largest absolute Gasteiger partial charge is 0.312 e. The molecule has 0 fully saturated rings. The fourth-order valence-electron chi connectivity index (χ4n) is 2.74. The zero-order chi connectivity index (χ0) is 15.4. The van der Waals surface area contributed by atoms with Crippen molar-refractivity contribution in [3.63, 3.8) is 0 Å². The molecule has 2 heterocycles. The lowest BCUT2D eigenvalue weighted by atomic mass is 9.85. The van der Waals surface area contributed by atoms with Crippen LogP contribution in [0.25, 0.3) is 11.1 Å². The van der Waals surface area contributed by atoms with Crippen LogP contribution in [0.3, 0.4) is 0 Å². The van der Waals surface area contributed by atoms with Gasteiger partial charge in [0.05, 0.1) is 16.7 Å². The third-order valence-corrected chi connectivity index (χ3v) is 3.89. The van der Waals surface area contributed by atoms with E-state index in [1.54, 1.807) is 13.8 Å². The molecule has 21 heavy (non-hydrogen) atoms. The maximum Gasteiger partial charge on any atom is 0.236 e. The highest BCUT2D eigenvalue weighted by molar-refractivity contribution is 6.08.